The molecule has 1 saturated carbocycles. The summed E-state index contributed by atoms with van der Waals surface area (Å²) < 4.78 is 10.7. The van der Waals surface area contributed by atoms with Gasteiger partial charge in [0.1, 0.15) is 6.61 Å². The Labute approximate surface area is 113 Å². The zero-order valence-electron chi connectivity index (χ0n) is 11.5. The van der Waals surface area contributed by atoms with Crippen molar-refractivity contribution in [3.63, 3.8) is 0 Å². The summed E-state index contributed by atoms with van der Waals surface area (Å²) in [6.07, 6.45) is 1.85. The smallest absolute Gasteiger partial charge is 0.316 e. The standard InChI is InChI=1S/C15H21NO3/c1-11(2)18-9-10-19-14(17)15(7-8-15)12-3-5-13(16)6-4-12/h3-6,11H,7-10,16H2,1-2H3. The first-order chi connectivity index (χ1) is 9.04. The van der Waals surface area contributed by atoms with Gasteiger partial charge in [-0.15, -0.1) is 0 Å². The third-order valence-corrected chi connectivity index (χ3v) is 3.37. The number of hydrogen-bond acceptors (Lipinski definition) is 4. The van der Waals surface area contributed by atoms with Crippen LogP contribution in [0.25, 0.3) is 0 Å². The zero-order chi connectivity index (χ0) is 13.9. The Bertz CT molecular complexity index is 435. The van der Waals surface area contributed by atoms with E-state index in [-0.39, 0.29) is 12.1 Å². The number of hydrogen-bond donors (Lipinski definition) is 1. The van der Waals surface area contributed by atoms with E-state index in [1.807, 2.05) is 38.1 Å². The molecule has 0 unspecified atom stereocenters. The van der Waals surface area contributed by atoms with E-state index in [2.05, 4.69) is 0 Å². The Morgan fingerprint density at radius 3 is 2.42 bits per heavy atom. The highest BCUT2D eigenvalue weighted by atomic mass is 16.6. The summed E-state index contributed by atoms with van der Waals surface area (Å²) >= 11 is 0. The molecule has 1 aromatic rings. The number of ether oxygens (including phenoxy) is 2. The predicted octanol–water partition coefficient (Wildman–Crippen LogP) is 2.27. The van der Waals surface area contributed by atoms with Crippen LogP contribution in [0.15, 0.2) is 24.3 Å². The van der Waals surface area contributed by atoms with Gasteiger partial charge in [-0.1, -0.05) is 12.1 Å². The lowest BCUT2D eigenvalue weighted by atomic mass is 9.96. The van der Waals surface area contributed by atoms with E-state index in [1.54, 1.807) is 0 Å². The summed E-state index contributed by atoms with van der Waals surface area (Å²) in [5.74, 6) is -0.148. The first-order valence-electron chi connectivity index (χ1n) is 6.69. The number of nitrogens with two attached hydrogens (primary N) is 1. The summed E-state index contributed by atoms with van der Waals surface area (Å²) in [5, 5.41) is 0. The molecule has 0 heterocycles. The fraction of sp³-hybridized carbons (Fsp3) is 0.533. The molecule has 2 rings (SSSR count). The van der Waals surface area contributed by atoms with Crippen LogP contribution in [0.4, 0.5) is 5.69 Å². The van der Waals surface area contributed by atoms with Crippen molar-refractivity contribution in [3.05, 3.63) is 29.8 Å². The normalized spacial score (nSPS) is 16.4. The summed E-state index contributed by atoms with van der Waals surface area (Å²) in [6.45, 7) is 4.67. The number of rotatable bonds is 6. The van der Waals surface area contributed by atoms with Crippen molar-refractivity contribution in [2.45, 2.75) is 38.2 Å². The highest BCUT2D eigenvalue weighted by Gasteiger charge is 2.52. The maximum absolute atomic E-state index is 12.1. The highest BCUT2D eigenvalue weighted by molar-refractivity contribution is 5.86. The molecule has 0 saturated heterocycles. The quantitative estimate of drug-likeness (QED) is 0.486. The van der Waals surface area contributed by atoms with Crippen LogP contribution in [0.2, 0.25) is 0 Å². The molecule has 0 radical (unpaired) electrons. The van der Waals surface area contributed by atoms with E-state index >= 15 is 0 Å². The molecule has 0 spiro atoms. The van der Waals surface area contributed by atoms with Crippen molar-refractivity contribution >= 4 is 11.7 Å². The number of carbonyl (C=O) groups is 1. The molecule has 1 fully saturated rings. The molecule has 1 aliphatic carbocycles. The van der Waals surface area contributed by atoms with E-state index in [9.17, 15) is 4.79 Å². The van der Waals surface area contributed by atoms with Gasteiger partial charge >= 0.3 is 5.97 Å². The van der Waals surface area contributed by atoms with E-state index in [4.69, 9.17) is 15.2 Å². The van der Waals surface area contributed by atoms with Gasteiger partial charge in [-0.05, 0) is 44.4 Å². The van der Waals surface area contributed by atoms with Crippen molar-refractivity contribution in [2.24, 2.45) is 0 Å². The first-order valence-corrected chi connectivity index (χ1v) is 6.69. The average Bonchev–Trinajstić information content (AvgIpc) is 3.16. The third kappa shape index (κ3) is 3.26. The van der Waals surface area contributed by atoms with Gasteiger partial charge in [0.25, 0.3) is 0 Å². The Balaban J connectivity index is 1.89. The highest BCUT2D eigenvalue weighted by Crippen LogP contribution is 2.49. The van der Waals surface area contributed by atoms with Gasteiger partial charge in [0.2, 0.25) is 0 Å². The Morgan fingerprint density at radius 2 is 1.89 bits per heavy atom. The Hall–Kier alpha value is -1.55. The molecule has 4 nitrogen and oxygen atoms in total. The van der Waals surface area contributed by atoms with Crippen molar-refractivity contribution < 1.29 is 14.3 Å². The molecule has 0 aliphatic heterocycles. The zero-order valence-corrected chi connectivity index (χ0v) is 11.5. The van der Waals surface area contributed by atoms with Crippen LogP contribution < -0.4 is 5.73 Å². The summed E-state index contributed by atoms with van der Waals surface area (Å²) in [6, 6.07) is 7.47. The largest absolute Gasteiger partial charge is 0.463 e. The summed E-state index contributed by atoms with van der Waals surface area (Å²) in [7, 11) is 0. The molecule has 2 N–H and O–H groups in total. The van der Waals surface area contributed by atoms with Crippen LogP contribution >= 0.6 is 0 Å². The fourth-order valence-electron chi connectivity index (χ4n) is 2.09. The Kier molecular flexibility index (Phi) is 4.10. The number of nitrogen functional groups attached to an aromatic ring is 1. The first kappa shape index (κ1) is 13.9. The molecule has 0 amide bonds. The number of carbonyl (C=O) groups excluding carboxylic acids is 1. The maximum Gasteiger partial charge on any atom is 0.316 e. The topological polar surface area (TPSA) is 61.5 Å². The van der Waals surface area contributed by atoms with Gasteiger partial charge in [-0.25, -0.2) is 0 Å². The second-order valence-corrected chi connectivity index (χ2v) is 5.26. The number of anilines is 1. The third-order valence-electron chi connectivity index (χ3n) is 3.37. The van der Waals surface area contributed by atoms with E-state index in [0.29, 0.717) is 18.9 Å². The van der Waals surface area contributed by atoms with E-state index < -0.39 is 5.41 Å². The lowest BCUT2D eigenvalue weighted by molar-refractivity contribution is -0.148. The van der Waals surface area contributed by atoms with Gasteiger partial charge in [0.05, 0.1) is 18.1 Å². The molecule has 19 heavy (non-hydrogen) atoms. The lowest BCUT2D eigenvalue weighted by Gasteiger charge is -2.15. The molecule has 4 heteroatoms. The molecule has 0 aromatic heterocycles. The van der Waals surface area contributed by atoms with Crippen LogP contribution in [0.3, 0.4) is 0 Å². The maximum atomic E-state index is 12.1. The van der Waals surface area contributed by atoms with Crippen LogP contribution in [0.5, 0.6) is 0 Å². The minimum atomic E-state index is -0.439. The number of esters is 1. The van der Waals surface area contributed by atoms with Crippen molar-refractivity contribution in [1.82, 2.24) is 0 Å². The predicted molar refractivity (Wildman–Crippen MR) is 73.8 cm³/mol. The van der Waals surface area contributed by atoms with E-state index in [1.165, 1.54) is 0 Å². The second kappa shape index (κ2) is 5.61. The van der Waals surface area contributed by atoms with Gasteiger partial charge in [-0.2, -0.15) is 0 Å². The van der Waals surface area contributed by atoms with Crippen LogP contribution in [-0.4, -0.2) is 25.3 Å². The molecule has 104 valence electrons. The van der Waals surface area contributed by atoms with Gasteiger partial charge in [-0.3, -0.25) is 4.79 Å². The molecular formula is C15H21NO3. The monoisotopic (exact) mass is 263 g/mol. The van der Waals surface area contributed by atoms with Gasteiger partial charge < -0.3 is 15.2 Å². The van der Waals surface area contributed by atoms with E-state index in [0.717, 1.165) is 18.4 Å². The minimum absolute atomic E-state index is 0.148. The fourth-order valence-corrected chi connectivity index (χ4v) is 2.09. The van der Waals surface area contributed by atoms with Crippen molar-refractivity contribution in [3.8, 4) is 0 Å². The Morgan fingerprint density at radius 1 is 1.26 bits per heavy atom. The van der Waals surface area contributed by atoms with Crippen LogP contribution in [0, 0.1) is 0 Å². The minimum Gasteiger partial charge on any atom is -0.463 e. The van der Waals surface area contributed by atoms with Gasteiger partial charge in [0, 0.05) is 5.69 Å². The SMILES string of the molecule is CC(C)OCCOC(=O)C1(c2ccc(N)cc2)CC1. The lowest BCUT2D eigenvalue weighted by Crippen LogP contribution is -2.25. The van der Waals surface area contributed by atoms with Crippen molar-refractivity contribution in [2.75, 3.05) is 18.9 Å². The molecule has 1 aromatic carbocycles. The molecular weight excluding hydrogens is 242 g/mol. The van der Waals surface area contributed by atoms with Crippen molar-refractivity contribution in [1.29, 1.82) is 0 Å². The summed E-state index contributed by atoms with van der Waals surface area (Å²) in [5.41, 5.74) is 6.92. The molecule has 0 atom stereocenters. The van der Waals surface area contributed by atoms with Gasteiger partial charge in [0.15, 0.2) is 0 Å². The molecule has 0 bridgehead atoms. The molecule has 1 aliphatic rings. The summed E-state index contributed by atoms with van der Waals surface area (Å²) in [4.78, 5) is 12.1. The number of benzene rings is 1. The van der Waals surface area contributed by atoms with Crippen LogP contribution in [-0.2, 0) is 19.7 Å². The van der Waals surface area contributed by atoms with Crippen LogP contribution in [0.1, 0.15) is 32.3 Å². The average molecular weight is 263 g/mol. The second-order valence-electron chi connectivity index (χ2n) is 5.26.